The van der Waals surface area contributed by atoms with Crippen LogP contribution in [0.15, 0.2) is 84.0 Å². The molecule has 0 spiro atoms. The lowest BCUT2D eigenvalue weighted by molar-refractivity contribution is 0.174. The van der Waals surface area contributed by atoms with E-state index in [2.05, 4.69) is 20.0 Å². The number of hydrogen-bond acceptors (Lipinski definition) is 7. The number of nitrogen functional groups attached to an aromatic ring is 1. The van der Waals surface area contributed by atoms with Gasteiger partial charge in [-0.2, -0.15) is 0 Å². The molecular weight excluding hydrogens is 450 g/mol. The van der Waals surface area contributed by atoms with Crippen molar-refractivity contribution in [2.45, 2.75) is 23.8 Å². The second kappa shape index (κ2) is 10.6. The van der Waals surface area contributed by atoms with Gasteiger partial charge in [-0.05, 0) is 55.3 Å². The first-order valence-corrected chi connectivity index (χ1v) is 12.5. The summed E-state index contributed by atoms with van der Waals surface area (Å²) in [6.07, 6.45) is 4.01. The molecule has 4 aromatic rings. The fraction of sp³-hybridized carbons (Fsp3) is 0.200. The largest absolute Gasteiger partial charge is 0.387 e. The summed E-state index contributed by atoms with van der Waals surface area (Å²) < 4.78 is 28.1. The molecule has 0 bridgehead atoms. The SMILES string of the molecule is Nc1ccc(C(O)CNCCCc2ccc(NS(=O)(=O)c3cnc4ccccc4c3)cc2)cn1. The van der Waals surface area contributed by atoms with Crippen molar-refractivity contribution in [2.75, 3.05) is 23.5 Å². The van der Waals surface area contributed by atoms with Crippen molar-refractivity contribution in [3.63, 3.8) is 0 Å². The van der Waals surface area contributed by atoms with Gasteiger partial charge in [0.15, 0.2) is 0 Å². The lowest BCUT2D eigenvalue weighted by atomic mass is 10.1. The van der Waals surface area contributed by atoms with Crippen LogP contribution in [0.4, 0.5) is 11.5 Å². The minimum atomic E-state index is -3.73. The Bertz CT molecular complexity index is 1340. The highest BCUT2D eigenvalue weighted by molar-refractivity contribution is 7.92. The number of aromatic nitrogens is 2. The average molecular weight is 478 g/mol. The number of benzene rings is 2. The first kappa shape index (κ1) is 23.6. The molecule has 0 aliphatic heterocycles. The number of para-hydroxylation sites is 1. The van der Waals surface area contributed by atoms with E-state index in [0.29, 0.717) is 18.1 Å². The quantitative estimate of drug-likeness (QED) is 0.258. The van der Waals surface area contributed by atoms with E-state index in [-0.39, 0.29) is 4.90 Å². The molecule has 8 nitrogen and oxygen atoms in total. The number of anilines is 2. The van der Waals surface area contributed by atoms with Gasteiger partial charge in [0.25, 0.3) is 10.0 Å². The molecule has 0 aliphatic carbocycles. The highest BCUT2D eigenvalue weighted by Gasteiger charge is 2.15. The standard InChI is InChI=1S/C25H27N5O3S/c26-25-12-9-20(15-29-25)24(31)17-27-13-3-4-18-7-10-21(11-8-18)30-34(32,33)22-14-19-5-1-2-6-23(19)28-16-22/h1-2,5-12,14-16,24,27,30-31H,3-4,13,17H2,(H2,26,29). The third kappa shape index (κ3) is 6.07. The van der Waals surface area contributed by atoms with Gasteiger partial charge >= 0.3 is 0 Å². The van der Waals surface area contributed by atoms with E-state index in [1.165, 1.54) is 6.20 Å². The molecule has 2 heterocycles. The smallest absolute Gasteiger partial charge is 0.263 e. The zero-order valence-electron chi connectivity index (χ0n) is 18.6. The van der Waals surface area contributed by atoms with Crippen molar-refractivity contribution >= 4 is 32.4 Å². The number of aliphatic hydroxyl groups is 1. The molecule has 0 amide bonds. The predicted molar refractivity (Wildman–Crippen MR) is 134 cm³/mol. The molecule has 0 saturated carbocycles. The van der Waals surface area contributed by atoms with E-state index in [4.69, 9.17) is 5.73 Å². The Morgan fingerprint density at radius 1 is 0.971 bits per heavy atom. The highest BCUT2D eigenvalue weighted by Crippen LogP contribution is 2.20. The molecule has 5 N–H and O–H groups in total. The van der Waals surface area contributed by atoms with Crippen molar-refractivity contribution in [1.29, 1.82) is 0 Å². The van der Waals surface area contributed by atoms with E-state index in [1.54, 1.807) is 36.5 Å². The summed E-state index contributed by atoms with van der Waals surface area (Å²) in [7, 11) is -3.73. The number of nitrogens with two attached hydrogens (primary N) is 1. The van der Waals surface area contributed by atoms with Crippen molar-refractivity contribution in [3.8, 4) is 0 Å². The van der Waals surface area contributed by atoms with E-state index >= 15 is 0 Å². The molecule has 34 heavy (non-hydrogen) atoms. The highest BCUT2D eigenvalue weighted by atomic mass is 32.2. The third-order valence-corrected chi connectivity index (χ3v) is 6.78. The first-order valence-electron chi connectivity index (χ1n) is 11.0. The predicted octanol–water partition coefficient (Wildman–Crippen LogP) is 3.27. The number of aryl methyl sites for hydroxylation is 1. The van der Waals surface area contributed by atoms with E-state index in [9.17, 15) is 13.5 Å². The number of nitrogens with one attached hydrogen (secondary N) is 2. The Labute approximate surface area is 198 Å². The lowest BCUT2D eigenvalue weighted by Crippen LogP contribution is -2.23. The Hall–Kier alpha value is -3.53. The zero-order chi connectivity index (χ0) is 24.0. The lowest BCUT2D eigenvalue weighted by Gasteiger charge is -2.12. The molecular formula is C25H27N5O3S. The van der Waals surface area contributed by atoms with Crippen LogP contribution < -0.4 is 15.8 Å². The summed E-state index contributed by atoms with van der Waals surface area (Å²) >= 11 is 0. The van der Waals surface area contributed by atoms with Crippen LogP contribution in [0, 0.1) is 0 Å². The van der Waals surface area contributed by atoms with Gasteiger partial charge in [-0.15, -0.1) is 0 Å². The van der Waals surface area contributed by atoms with Gasteiger partial charge in [0, 0.05) is 35.6 Å². The van der Waals surface area contributed by atoms with Crippen molar-refractivity contribution in [1.82, 2.24) is 15.3 Å². The molecule has 2 aromatic heterocycles. The van der Waals surface area contributed by atoms with Gasteiger partial charge < -0.3 is 16.2 Å². The van der Waals surface area contributed by atoms with E-state index in [0.717, 1.165) is 41.4 Å². The van der Waals surface area contributed by atoms with Gasteiger partial charge in [-0.1, -0.05) is 36.4 Å². The number of fused-ring (bicyclic) bond motifs is 1. The zero-order valence-corrected chi connectivity index (χ0v) is 19.4. The van der Waals surface area contributed by atoms with Crippen LogP contribution in [-0.4, -0.2) is 36.6 Å². The van der Waals surface area contributed by atoms with Crippen molar-refractivity contribution in [2.24, 2.45) is 0 Å². The second-order valence-electron chi connectivity index (χ2n) is 8.01. The Kier molecular flexibility index (Phi) is 7.36. The molecule has 4 rings (SSSR count). The van der Waals surface area contributed by atoms with Crippen LogP contribution in [0.1, 0.15) is 23.7 Å². The first-order chi connectivity index (χ1) is 16.4. The molecule has 2 aromatic carbocycles. The van der Waals surface area contributed by atoms with Crippen molar-refractivity contribution < 1.29 is 13.5 Å². The fourth-order valence-electron chi connectivity index (χ4n) is 3.54. The summed E-state index contributed by atoms with van der Waals surface area (Å²) in [5.41, 5.74) is 8.62. The van der Waals surface area contributed by atoms with Crippen LogP contribution >= 0.6 is 0 Å². The van der Waals surface area contributed by atoms with Crippen LogP contribution in [0.2, 0.25) is 0 Å². The van der Waals surface area contributed by atoms with Gasteiger partial charge in [0.2, 0.25) is 0 Å². The summed E-state index contributed by atoms with van der Waals surface area (Å²) in [5.74, 6) is 0.424. The van der Waals surface area contributed by atoms with Crippen LogP contribution in [-0.2, 0) is 16.4 Å². The summed E-state index contributed by atoms with van der Waals surface area (Å²) in [5, 5.41) is 14.2. The van der Waals surface area contributed by atoms with Gasteiger partial charge in [0.05, 0.1) is 11.6 Å². The van der Waals surface area contributed by atoms with Gasteiger partial charge in [-0.3, -0.25) is 9.71 Å². The maximum absolute atomic E-state index is 12.8. The van der Waals surface area contributed by atoms with E-state index in [1.807, 2.05) is 36.4 Å². The van der Waals surface area contributed by atoms with Crippen LogP contribution in [0.3, 0.4) is 0 Å². The number of sulfonamides is 1. The molecule has 0 saturated heterocycles. The number of rotatable bonds is 10. The van der Waals surface area contributed by atoms with Crippen molar-refractivity contribution in [3.05, 3.63) is 90.3 Å². The Morgan fingerprint density at radius 3 is 2.53 bits per heavy atom. The normalized spacial score (nSPS) is 12.5. The molecule has 1 unspecified atom stereocenters. The minimum absolute atomic E-state index is 0.123. The number of hydrogen-bond donors (Lipinski definition) is 4. The Balaban J connectivity index is 1.25. The number of nitrogens with zero attached hydrogens (tertiary/aromatic N) is 2. The monoisotopic (exact) mass is 477 g/mol. The average Bonchev–Trinajstić information content (AvgIpc) is 2.84. The van der Waals surface area contributed by atoms with Gasteiger partial charge in [-0.25, -0.2) is 13.4 Å². The maximum atomic E-state index is 12.8. The molecule has 9 heteroatoms. The molecule has 1 atom stereocenters. The van der Waals surface area contributed by atoms with E-state index < -0.39 is 16.1 Å². The van der Waals surface area contributed by atoms with Gasteiger partial charge in [0.1, 0.15) is 10.7 Å². The van der Waals surface area contributed by atoms with Crippen LogP contribution in [0.5, 0.6) is 0 Å². The third-order valence-electron chi connectivity index (χ3n) is 5.43. The number of pyridine rings is 2. The summed E-state index contributed by atoms with van der Waals surface area (Å²) in [6.45, 7) is 1.17. The summed E-state index contributed by atoms with van der Waals surface area (Å²) in [4.78, 5) is 8.34. The second-order valence-corrected chi connectivity index (χ2v) is 9.69. The number of aliphatic hydroxyl groups excluding tert-OH is 1. The topological polar surface area (TPSA) is 130 Å². The minimum Gasteiger partial charge on any atom is -0.387 e. The van der Waals surface area contributed by atoms with Crippen LogP contribution in [0.25, 0.3) is 10.9 Å². The molecule has 0 fully saturated rings. The maximum Gasteiger partial charge on any atom is 0.263 e. The molecule has 0 radical (unpaired) electrons. The summed E-state index contributed by atoms with van der Waals surface area (Å²) in [6, 6.07) is 19.8. The molecule has 176 valence electrons. The molecule has 0 aliphatic rings. The fourth-order valence-corrected chi connectivity index (χ4v) is 4.58. The Morgan fingerprint density at radius 2 is 1.76 bits per heavy atom.